The highest BCUT2D eigenvalue weighted by Crippen LogP contribution is 2.27. The Kier molecular flexibility index (Phi) is 3.28. The Labute approximate surface area is 103 Å². The Morgan fingerprint density at radius 2 is 1.94 bits per heavy atom. The first-order valence-corrected chi connectivity index (χ1v) is 5.29. The second-order valence-electron chi connectivity index (χ2n) is 3.70. The molecule has 0 amide bonds. The molecular weight excluding hydrogens is 235 g/mol. The molecule has 0 saturated heterocycles. The molecule has 0 aliphatic rings. The topological polar surface area (TPSA) is 46.5 Å². The van der Waals surface area contributed by atoms with E-state index in [1.807, 2.05) is 0 Å². The summed E-state index contributed by atoms with van der Waals surface area (Å²) < 4.78 is 18.4. The Morgan fingerprint density at radius 1 is 1.22 bits per heavy atom. The number of aromatic hydroxyl groups is 1. The second-order valence-corrected chi connectivity index (χ2v) is 3.70. The number of ether oxygens (including phenoxy) is 1. The van der Waals surface area contributed by atoms with Crippen molar-refractivity contribution in [2.24, 2.45) is 0 Å². The Morgan fingerprint density at radius 3 is 2.61 bits per heavy atom. The molecule has 4 heteroatoms. The molecule has 92 valence electrons. The number of hydrogen-bond acceptors (Lipinski definition) is 3. The van der Waals surface area contributed by atoms with Crippen molar-refractivity contribution in [3.8, 4) is 11.5 Å². The van der Waals surface area contributed by atoms with Crippen molar-refractivity contribution < 1.29 is 19.0 Å². The molecule has 0 spiro atoms. The number of methoxy groups -OCH3 is 1. The second kappa shape index (κ2) is 4.87. The maximum Gasteiger partial charge on any atom is 0.196 e. The molecule has 2 aromatic carbocycles. The van der Waals surface area contributed by atoms with Crippen molar-refractivity contribution in [3.05, 3.63) is 59.4 Å². The van der Waals surface area contributed by atoms with Gasteiger partial charge in [0.2, 0.25) is 0 Å². The van der Waals surface area contributed by atoms with Gasteiger partial charge in [-0.1, -0.05) is 12.1 Å². The van der Waals surface area contributed by atoms with Crippen molar-refractivity contribution >= 4 is 5.78 Å². The van der Waals surface area contributed by atoms with Crippen LogP contribution in [0.5, 0.6) is 11.5 Å². The monoisotopic (exact) mass is 246 g/mol. The molecule has 0 aliphatic carbocycles. The van der Waals surface area contributed by atoms with Crippen molar-refractivity contribution in [2.45, 2.75) is 0 Å². The molecule has 0 unspecified atom stereocenters. The zero-order valence-corrected chi connectivity index (χ0v) is 9.68. The molecule has 0 radical (unpaired) electrons. The van der Waals surface area contributed by atoms with E-state index in [0.29, 0.717) is 0 Å². The summed E-state index contributed by atoms with van der Waals surface area (Å²) in [7, 11) is 1.38. The van der Waals surface area contributed by atoms with Crippen LogP contribution < -0.4 is 4.74 Å². The highest BCUT2D eigenvalue weighted by molar-refractivity contribution is 6.09. The minimum absolute atomic E-state index is 0.00903. The van der Waals surface area contributed by atoms with Crippen LogP contribution >= 0.6 is 0 Å². The van der Waals surface area contributed by atoms with E-state index >= 15 is 0 Å². The van der Waals surface area contributed by atoms with Gasteiger partial charge in [-0.15, -0.1) is 0 Å². The van der Waals surface area contributed by atoms with Crippen LogP contribution in [0.2, 0.25) is 0 Å². The van der Waals surface area contributed by atoms with E-state index in [9.17, 15) is 14.3 Å². The summed E-state index contributed by atoms with van der Waals surface area (Å²) in [6, 6.07) is 9.89. The zero-order chi connectivity index (χ0) is 13.1. The van der Waals surface area contributed by atoms with Crippen LogP contribution in [-0.4, -0.2) is 18.0 Å². The molecule has 0 fully saturated rings. The van der Waals surface area contributed by atoms with Crippen molar-refractivity contribution in [1.29, 1.82) is 0 Å². The van der Waals surface area contributed by atoms with Crippen LogP contribution in [0.1, 0.15) is 15.9 Å². The number of halogens is 1. The lowest BCUT2D eigenvalue weighted by Crippen LogP contribution is -2.04. The first kappa shape index (κ1) is 12.1. The third kappa shape index (κ3) is 2.18. The summed E-state index contributed by atoms with van der Waals surface area (Å²) in [5, 5.41) is 9.43. The van der Waals surface area contributed by atoms with E-state index < -0.39 is 11.6 Å². The highest BCUT2D eigenvalue weighted by atomic mass is 19.1. The molecule has 0 aliphatic heterocycles. The smallest absolute Gasteiger partial charge is 0.196 e. The normalized spacial score (nSPS) is 10.1. The van der Waals surface area contributed by atoms with Crippen molar-refractivity contribution in [3.63, 3.8) is 0 Å². The lowest BCUT2D eigenvalue weighted by atomic mass is 10.0. The van der Waals surface area contributed by atoms with Gasteiger partial charge in [0.05, 0.1) is 12.7 Å². The van der Waals surface area contributed by atoms with Gasteiger partial charge in [-0.25, -0.2) is 4.39 Å². The molecule has 1 N–H and O–H groups in total. The van der Waals surface area contributed by atoms with Crippen LogP contribution in [0.3, 0.4) is 0 Å². The van der Waals surface area contributed by atoms with Gasteiger partial charge in [0.25, 0.3) is 0 Å². The minimum atomic E-state index is -0.574. The Bertz CT molecular complexity index is 593. The molecule has 0 atom stereocenters. The molecular formula is C14H11FO3. The van der Waals surface area contributed by atoms with Gasteiger partial charge >= 0.3 is 0 Å². The summed E-state index contributed by atoms with van der Waals surface area (Å²) in [5.74, 6) is -0.916. The van der Waals surface area contributed by atoms with Gasteiger partial charge in [0.15, 0.2) is 17.3 Å². The standard InChI is InChI=1S/C14H11FO3/c1-18-13-8-9(6-7-12(13)16)14(17)10-4-2-3-5-11(10)15/h2-8,16H,1H3. The molecule has 2 rings (SSSR count). The molecule has 2 aromatic rings. The fourth-order valence-corrected chi connectivity index (χ4v) is 1.62. The Balaban J connectivity index is 2.44. The summed E-state index contributed by atoms with van der Waals surface area (Å²) in [6.07, 6.45) is 0. The molecule has 0 bridgehead atoms. The average Bonchev–Trinajstić information content (AvgIpc) is 2.39. The largest absolute Gasteiger partial charge is 0.504 e. The molecule has 0 aromatic heterocycles. The molecule has 0 heterocycles. The maximum absolute atomic E-state index is 13.5. The Hall–Kier alpha value is -2.36. The van der Waals surface area contributed by atoms with Crippen LogP contribution in [0, 0.1) is 5.82 Å². The fourth-order valence-electron chi connectivity index (χ4n) is 1.62. The number of phenolic OH excluding ortho intramolecular Hbond substituents is 1. The predicted octanol–water partition coefficient (Wildman–Crippen LogP) is 2.77. The minimum Gasteiger partial charge on any atom is -0.504 e. The molecule has 18 heavy (non-hydrogen) atoms. The van der Waals surface area contributed by atoms with Crippen molar-refractivity contribution in [1.82, 2.24) is 0 Å². The number of phenols is 1. The van der Waals surface area contributed by atoms with Gasteiger partial charge in [-0.05, 0) is 30.3 Å². The van der Waals surface area contributed by atoms with Crippen molar-refractivity contribution in [2.75, 3.05) is 7.11 Å². The molecule has 3 nitrogen and oxygen atoms in total. The zero-order valence-electron chi connectivity index (χ0n) is 9.68. The first-order chi connectivity index (χ1) is 8.63. The van der Waals surface area contributed by atoms with E-state index in [4.69, 9.17) is 4.74 Å². The van der Waals surface area contributed by atoms with Crippen LogP contribution in [0.15, 0.2) is 42.5 Å². The third-order valence-corrected chi connectivity index (χ3v) is 2.56. The first-order valence-electron chi connectivity index (χ1n) is 5.29. The fraction of sp³-hybridized carbons (Fsp3) is 0.0714. The highest BCUT2D eigenvalue weighted by Gasteiger charge is 2.15. The number of carbonyl (C=O) groups is 1. The number of benzene rings is 2. The number of rotatable bonds is 3. The summed E-state index contributed by atoms with van der Waals surface area (Å²) in [5.41, 5.74) is 0.250. The van der Waals surface area contributed by atoms with Gasteiger partial charge in [0, 0.05) is 5.56 Å². The SMILES string of the molecule is COc1cc(C(=O)c2ccccc2F)ccc1O. The quantitative estimate of drug-likeness (QED) is 0.847. The van der Waals surface area contributed by atoms with Gasteiger partial charge in [0.1, 0.15) is 5.82 Å². The lowest BCUT2D eigenvalue weighted by Gasteiger charge is -2.06. The summed E-state index contributed by atoms with van der Waals surface area (Å²) in [4.78, 5) is 12.1. The number of hydrogen-bond donors (Lipinski definition) is 1. The number of carbonyl (C=O) groups excluding carboxylic acids is 1. The van der Waals surface area contributed by atoms with Crippen LogP contribution in [-0.2, 0) is 0 Å². The average molecular weight is 246 g/mol. The van der Waals surface area contributed by atoms with Crippen LogP contribution in [0.25, 0.3) is 0 Å². The van der Waals surface area contributed by atoms with Gasteiger partial charge in [-0.2, -0.15) is 0 Å². The number of ketones is 1. The van der Waals surface area contributed by atoms with Gasteiger partial charge < -0.3 is 9.84 Å². The van der Waals surface area contributed by atoms with E-state index in [-0.39, 0.29) is 22.6 Å². The van der Waals surface area contributed by atoms with E-state index in [1.165, 1.54) is 43.5 Å². The summed E-state index contributed by atoms with van der Waals surface area (Å²) >= 11 is 0. The lowest BCUT2D eigenvalue weighted by molar-refractivity contribution is 0.103. The van der Waals surface area contributed by atoms with Gasteiger partial charge in [-0.3, -0.25) is 4.79 Å². The maximum atomic E-state index is 13.5. The summed E-state index contributed by atoms with van der Waals surface area (Å²) in [6.45, 7) is 0. The van der Waals surface area contributed by atoms with E-state index in [1.54, 1.807) is 6.07 Å². The van der Waals surface area contributed by atoms with E-state index in [0.717, 1.165) is 0 Å². The third-order valence-electron chi connectivity index (χ3n) is 2.56. The van der Waals surface area contributed by atoms with E-state index in [2.05, 4.69) is 0 Å². The molecule has 0 saturated carbocycles. The predicted molar refractivity (Wildman–Crippen MR) is 64.5 cm³/mol. The van der Waals surface area contributed by atoms with Crippen LogP contribution in [0.4, 0.5) is 4.39 Å².